The molecule has 1 aromatic rings. The minimum Gasteiger partial charge on any atom is -0.375 e. The lowest BCUT2D eigenvalue weighted by Crippen LogP contribution is -2.16. The van der Waals surface area contributed by atoms with Crippen LogP contribution in [0.3, 0.4) is 0 Å². The van der Waals surface area contributed by atoms with Crippen molar-refractivity contribution in [1.29, 1.82) is 0 Å². The van der Waals surface area contributed by atoms with E-state index in [1.165, 1.54) is 18.4 Å². The molecule has 0 radical (unpaired) electrons. The summed E-state index contributed by atoms with van der Waals surface area (Å²) in [6.07, 6.45) is 8.83. The number of aromatic nitrogens is 1. The Hall–Kier alpha value is -1.46. The molecule has 0 unspecified atom stereocenters. The van der Waals surface area contributed by atoms with E-state index in [2.05, 4.69) is 16.4 Å². The van der Waals surface area contributed by atoms with Gasteiger partial charge in [-0.25, -0.2) is 4.98 Å². The Morgan fingerprint density at radius 3 is 3.31 bits per heavy atom. The topological polar surface area (TPSA) is 51.2 Å². The number of rotatable bonds is 3. The van der Waals surface area contributed by atoms with Gasteiger partial charge in [0.2, 0.25) is 0 Å². The first-order valence-corrected chi connectivity index (χ1v) is 5.73. The molecule has 0 fully saturated rings. The summed E-state index contributed by atoms with van der Waals surface area (Å²) in [5.74, 6) is -0.175. The van der Waals surface area contributed by atoms with Gasteiger partial charge >= 0.3 is 0 Å². The number of carbonyl (C=O) groups excluding carboxylic acids is 1. The van der Waals surface area contributed by atoms with Crippen LogP contribution in [0.25, 0.3) is 6.08 Å². The number of methoxy groups -OCH3 is 1. The minimum atomic E-state index is -0.175. The first-order chi connectivity index (χ1) is 7.79. The summed E-state index contributed by atoms with van der Waals surface area (Å²) < 4.78 is 4.74. The Balaban J connectivity index is 2.10. The van der Waals surface area contributed by atoms with Crippen molar-refractivity contribution in [3.63, 3.8) is 0 Å². The van der Waals surface area contributed by atoms with Gasteiger partial charge in [-0.05, 0) is 6.08 Å². The van der Waals surface area contributed by atoms with Gasteiger partial charge in [0.15, 0.2) is 5.13 Å². The molecule has 0 atom stereocenters. The number of ether oxygens (including phenoxy) is 1. The summed E-state index contributed by atoms with van der Waals surface area (Å²) in [7, 11) is 1.49. The summed E-state index contributed by atoms with van der Waals surface area (Å²) in [6.45, 7) is 0.0555. The van der Waals surface area contributed by atoms with E-state index in [0.717, 1.165) is 17.0 Å². The van der Waals surface area contributed by atoms with Gasteiger partial charge in [-0.2, -0.15) is 0 Å². The molecule has 0 aliphatic heterocycles. The van der Waals surface area contributed by atoms with Crippen molar-refractivity contribution in [2.75, 3.05) is 19.0 Å². The van der Waals surface area contributed by atoms with Crippen molar-refractivity contribution in [2.24, 2.45) is 0 Å². The van der Waals surface area contributed by atoms with E-state index >= 15 is 0 Å². The van der Waals surface area contributed by atoms with Gasteiger partial charge in [-0.1, -0.05) is 18.2 Å². The van der Waals surface area contributed by atoms with Gasteiger partial charge in [0.1, 0.15) is 6.61 Å². The average molecular weight is 236 g/mol. The number of hydrogen-bond donors (Lipinski definition) is 1. The lowest BCUT2D eigenvalue weighted by molar-refractivity contribution is -0.119. The third kappa shape index (κ3) is 2.56. The smallest absolute Gasteiger partial charge is 0.252 e. The SMILES string of the molecule is COCC(=O)Nc1nc2c(s1)CC=CC=C2. The van der Waals surface area contributed by atoms with E-state index in [1.54, 1.807) is 0 Å². The number of nitrogens with one attached hydrogen (secondary N) is 1. The zero-order valence-corrected chi connectivity index (χ0v) is 9.71. The summed E-state index contributed by atoms with van der Waals surface area (Å²) in [5, 5.41) is 3.34. The van der Waals surface area contributed by atoms with Gasteiger partial charge in [0.05, 0.1) is 5.69 Å². The molecule has 0 bridgehead atoms. The van der Waals surface area contributed by atoms with Crippen molar-refractivity contribution in [3.05, 3.63) is 28.8 Å². The number of carbonyl (C=O) groups is 1. The first-order valence-electron chi connectivity index (χ1n) is 4.91. The molecule has 0 saturated carbocycles. The molecule has 2 rings (SSSR count). The van der Waals surface area contributed by atoms with Crippen LogP contribution >= 0.6 is 11.3 Å². The van der Waals surface area contributed by atoms with Gasteiger partial charge < -0.3 is 4.74 Å². The highest BCUT2D eigenvalue weighted by Crippen LogP contribution is 2.26. The predicted molar refractivity (Wildman–Crippen MR) is 64.5 cm³/mol. The highest BCUT2D eigenvalue weighted by atomic mass is 32.1. The monoisotopic (exact) mass is 236 g/mol. The highest BCUT2D eigenvalue weighted by molar-refractivity contribution is 7.16. The van der Waals surface area contributed by atoms with Crippen molar-refractivity contribution in [1.82, 2.24) is 4.98 Å². The molecular formula is C11H12N2O2S. The highest BCUT2D eigenvalue weighted by Gasteiger charge is 2.11. The number of anilines is 1. The molecule has 0 saturated heterocycles. The molecule has 0 aromatic carbocycles. The third-order valence-electron chi connectivity index (χ3n) is 2.05. The van der Waals surface area contributed by atoms with Crippen LogP contribution in [0, 0.1) is 0 Å². The summed E-state index contributed by atoms with van der Waals surface area (Å²) in [6, 6.07) is 0. The van der Waals surface area contributed by atoms with Gasteiger partial charge in [-0.15, -0.1) is 11.3 Å². The maximum absolute atomic E-state index is 11.3. The van der Waals surface area contributed by atoms with E-state index in [0.29, 0.717) is 5.13 Å². The molecule has 1 heterocycles. The molecule has 16 heavy (non-hydrogen) atoms. The molecule has 1 amide bonds. The second kappa shape index (κ2) is 5.05. The van der Waals surface area contributed by atoms with Gasteiger partial charge in [0, 0.05) is 18.4 Å². The van der Waals surface area contributed by atoms with Gasteiger partial charge in [-0.3, -0.25) is 10.1 Å². The van der Waals surface area contributed by atoms with Crippen molar-refractivity contribution < 1.29 is 9.53 Å². The number of allylic oxidation sites excluding steroid dienone is 3. The maximum atomic E-state index is 11.3. The molecule has 1 aromatic heterocycles. The van der Waals surface area contributed by atoms with E-state index < -0.39 is 0 Å². The largest absolute Gasteiger partial charge is 0.375 e. The normalized spacial score (nSPS) is 13.3. The van der Waals surface area contributed by atoms with Crippen LogP contribution in [-0.4, -0.2) is 24.6 Å². The second-order valence-electron chi connectivity index (χ2n) is 3.30. The summed E-state index contributed by atoms with van der Waals surface area (Å²) in [4.78, 5) is 16.8. The number of nitrogens with zero attached hydrogens (tertiary/aromatic N) is 1. The fourth-order valence-corrected chi connectivity index (χ4v) is 2.32. The fraction of sp³-hybridized carbons (Fsp3) is 0.273. The van der Waals surface area contributed by atoms with Crippen molar-refractivity contribution in [3.8, 4) is 0 Å². The molecule has 1 aliphatic rings. The van der Waals surface area contributed by atoms with Crippen LogP contribution in [-0.2, 0) is 16.0 Å². The lowest BCUT2D eigenvalue weighted by Gasteiger charge is -1.98. The summed E-state index contributed by atoms with van der Waals surface area (Å²) >= 11 is 1.50. The van der Waals surface area contributed by atoms with Crippen LogP contribution in [0.5, 0.6) is 0 Å². The molecule has 0 spiro atoms. The lowest BCUT2D eigenvalue weighted by atomic mass is 10.3. The van der Waals surface area contributed by atoms with Crippen LogP contribution in [0.15, 0.2) is 18.2 Å². The van der Waals surface area contributed by atoms with Crippen molar-refractivity contribution in [2.45, 2.75) is 6.42 Å². The molecule has 1 aliphatic carbocycles. The average Bonchev–Trinajstić information content (AvgIpc) is 2.48. The zero-order valence-electron chi connectivity index (χ0n) is 8.90. The first kappa shape index (κ1) is 11.0. The molecular weight excluding hydrogens is 224 g/mol. The fourth-order valence-electron chi connectivity index (χ4n) is 1.38. The van der Waals surface area contributed by atoms with Crippen molar-refractivity contribution >= 4 is 28.5 Å². The molecule has 84 valence electrons. The number of fused-ring (bicyclic) bond motifs is 1. The predicted octanol–water partition coefficient (Wildman–Crippen LogP) is 1.85. The molecule has 4 nitrogen and oxygen atoms in total. The second-order valence-corrected chi connectivity index (χ2v) is 4.38. The Kier molecular flexibility index (Phi) is 3.48. The minimum absolute atomic E-state index is 0.0555. The Morgan fingerprint density at radius 1 is 1.62 bits per heavy atom. The Bertz CT molecular complexity index is 449. The van der Waals surface area contributed by atoms with Crippen LogP contribution < -0.4 is 5.32 Å². The third-order valence-corrected chi connectivity index (χ3v) is 3.06. The number of amides is 1. The Labute approximate surface area is 97.7 Å². The molecule has 1 N–H and O–H groups in total. The Morgan fingerprint density at radius 2 is 2.50 bits per heavy atom. The van der Waals surface area contributed by atoms with Crippen LogP contribution in [0.2, 0.25) is 0 Å². The molecule has 5 heteroatoms. The van der Waals surface area contributed by atoms with E-state index in [9.17, 15) is 4.79 Å². The number of hydrogen-bond acceptors (Lipinski definition) is 4. The zero-order chi connectivity index (χ0) is 11.4. The quantitative estimate of drug-likeness (QED) is 0.871. The standard InChI is InChI=1S/C11H12N2O2S/c1-15-7-10(14)13-11-12-8-5-3-2-4-6-9(8)16-11/h2-5H,6-7H2,1H3,(H,12,13,14). The maximum Gasteiger partial charge on any atom is 0.252 e. The van der Waals surface area contributed by atoms with Crippen LogP contribution in [0.4, 0.5) is 5.13 Å². The number of thiazole rings is 1. The van der Waals surface area contributed by atoms with E-state index in [-0.39, 0.29) is 12.5 Å². The van der Waals surface area contributed by atoms with Gasteiger partial charge in [0.25, 0.3) is 5.91 Å². The van der Waals surface area contributed by atoms with E-state index in [1.807, 2.05) is 18.2 Å². The summed E-state index contributed by atoms with van der Waals surface area (Å²) in [5.41, 5.74) is 0.933. The van der Waals surface area contributed by atoms with Crippen LogP contribution in [0.1, 0.15) is 10.6 Å². The van der Waals surface area contributed by atoms with E-state index in [4.69, 9.17) is 4.74 Å².